The fraction of sp³-hybridized carbons (Fsp3) is 0.667. The van der Waals surface area contributed by atoms with Crippen molar-refractivity contribution in [3.8, 4) is 0 Å². The molecule has 3 rings (SSSR count). The Morgan fingerprint density at radius 1 is 1.13 bits per heavy atom. The van der Waals surface area contributed by atoms with Crippen molar-refractivity contribution in [1.29, 1.82) is 0 Å². The maximum absolute atomic E-state index is 12.6. The Hall–Kier alpha value is -2.12. The van der Waals surface area contributed by atoms with Gasteiger partial charge in [-0.25, -0.2) is 4.99 Å². The van der Waals surface area contributed by atoms with E-state index in [0.717, 1.165) is 64.2 Å². The van der Waals surface area contributed by atoms with Crippen LogP contribution in [0.25, 0.3) is 0 Å². The molecule has 0 spiro atoms. The highest BCUT2D eigenvalue weighted by molar-refractivity contribution is 5.80. The zero-order valence-corrected chi connectivity index (χ0v) is 19.1. The van der Waals surface area contributed by atoms with Crippen molar-refractivity contribution in [2.45, 2.75) is 45.1 Å². The summed E-state index contributed by atoms with van der Waals surface area (Å²) in [7, 11) is 0. The SMILES string of the molecule is CCNC(=NCC(C)(O)c1ccccc1)NCCN1CCN(C(=O)C2CCCC2)CC1. The molecule has 1 aliphatic carbocycles. The zero-order chi connectivity index (χ0) is 22.1. The molecule has 0 bridgehead atoms. The second kappa shape index (κ2) is 11.5. The van der Waals surface area contributed by atoms with Crippen molar-refractivity contribution in [3.05, 3.63) is 35.9 Å². The standard InChI is InChI=1S/C24H39N5O2/c1-3-25-23(27-19-24(2,31)21-11-5-4-6-12-21)26-13-14-28-15-17-29(18-16-28)22(30)20-9-7-8-10-20/h4-6,11-12,20,31H,3,7-10,13-19H2,1-2H3,(H2,25,26,27). The smallest absolute Gasteiger partial charge is 0.225 e. The van der Waals surface area contributed by atoms with Gasteiger partial charge in [0.2, 0.25) is 5.91 Å². The number of guanidine groups is 1. The van der Waals surface area contributed by atoms with Gasteiger partial charge in [-0.2, -0.15) is 0 Å². The van der Waals surface area contributed by atoms with Crippen LogP contribution in [0.5, 0.6) is 0 Å². The van der Waals surface area contributed by atoms with Gasteiger partial charge in [0.25, 0.3) is 0 Å². The largest absolute Gasteiger partial charge is 0.384 e. The average Bonchev–Trinajstić information content (AvgIpc) is 3.33. The molecule has 0 radical (unpaired) electrons. The molecule has 1 heterocycles. The van der Waals surface area contributed by atoms with Crippen LogP contribution in [0.15, 0.2) is 35.3 Å². The summed E-state index contributed by atoms with van der Waals surface area (Å²) in [5, 5.41) is 17.4. The highest BCUT2D eigenvalue weighted by Crippen LogP contribution is 2.27. The third-order valence-corrected chi connectivity index (χ3v) is 6.39. The lowest BCUT2D eigenvalue weighted by Gasteiger charge is -2.36. The summed E-state index contributed by atoms with van der Waals surface area (Å²) in [6, 6.07) is 9.65. The molecule has 3 N–H and O–H groups in total. The minimum Gasteiger partial charge on any atom is -0.384 e. The Kier molecular flexibility index (Phi) is 8.72. The van der Waals surface area contributed by atoms with Gasteiger partial charge in [0.15, 0.2) is 5.96 Å². The van der Waals surface area contributed by atoms with Crippen molar-refractivity contribution in [2.24, 2.45) is 10.9 Å². The first-order valence-electron chi connectivity index (χ1n) is 11.8. The van der Waals surface area contributed by atoms with E-state index in [-0.39, 0.29) is 12.5 Å². The van der Waals surface area contributed by atoms with Gasteiger partial charge in [0.05, 0.1) is 6.54 Å². The number of aliphatic imine (C=N–C) groups is 1. The number of nitrogens with one attached hydrogen (secondary N) is 2. The Labute approximate surface area is 186 Å². The van der Waals surface area contributed by atoms with Crippen molar-refractivity contribution < 1.29 is 9.90 Å². The van der Waals surface area contributed by atoms with Crippen LogP contribution in [0.1, 0.15) is 45.1 Å². The summed E-state index contributed by atoms with van der Waals surface area (Å²) < 4.78 is 0. The first kappa shape index (κ1) is 23.5. The fourth-order valence-corrected chi connectivity index (χ4v) is 4.42. The van der Waals surface area contributed by atoms with Crippen molar-refractivity contribution in [2.75, 3.05) is 52.4 Å². The van der Waals surface area contributed by atoms with Gasteiger partial charge >= 0.3 is 0 Å². The first-order valence-corrected chi connectivity index (χ1v) is 11.8. The molecule has 172 valence electrons. The minimum atomic E-state index is -1.01. The van der Waals surface area contributed by atoms with Gasteiger partial charge < -0.3 is 20.6 Å². The Bertz CT molecular complexity index is 708. The van der Waals surface area contributed by atoms with Crippen LogP contribution in [0.3, 0.4) is 0 Å². The number of aliphatic hydroxyl groups is 1. The summed E-state index contributed by atoms with van der Waals surface area (Å²) in [6.45, 7) is 10.1. The molecule has 1 aromatic rings. The predicted octanol–water partition coefficient (Wildman–Crippen LogP) is 1.78. The second-order valence-electron chi connectivity index (χ2n) is 8.91. The molecule has 1 amide bonds. The van der Waals surface area contributed by atoms with Crippen molar-refractivity contribution in [1.82, 2.24) is 20.4 Å². The third-order valence-electron chi connectivity index (χ3n) is 6.39. The van der Waals surface area contributed by atoms with Crippen LogP contribution in [0.2, 0.25) is 0 Å². The van der Waals surface area contributed by atoms with Crippen LogP contribution in [0.4, 0.5) is 0 Å². The number of carbonyl (C=O) groups excluding carboxylic acids is 1. The molecule has 1 atom stereocenters. The van der Waals surface area contributed by atoms with E-state index in [1.54, 1.807) is 6.92 Å². The monoisotopic (exact) mass is 429 g/mol. The molecule has 31 heavy (non-hydrogen) atoms. The van der Waals surface area contributed by atoms with Gasteiger partial charge in [-0.3, -0.25) is 9.69 Å². The quantitative estimate of drug-likeness (QED) is 0.434. The van der Waals surface area contributed by atoms with E-state index in [1.165, 1.54) is 12.8 Å². The molecule has 2 aliphatic rings. The number of benzene rings is 1. The molecule has 2 fully saturated rings. The van der Waals surface area contributed by atoms with E-state index in [1.807, 2.05) is 37.3 Å². The molecule has 7 heteroatoms. The number of nitrogens with zero attached hydrogens (tertiary/aromatic N) is 3. The number of amides is 1. The molecule has 1 unspecified atom stereocenters. The summed E-state index contributed by atoms with van der Waals surface area (Å²) in [6.07, 6.45) is 4.57. The topological polar surface area (TPSA) is 80.2 Å². The number of rotatable bonds is 8. The van der Waals surface area contributed by atoms with Gasteiger partial charge in [0.1, 0.15) is 5.60 Å². The van der Waals surface area contributed by atoms with Gasteiger partial charge in [0, 0.05) is 51.7 Å². The molecule has 0 aromatic heterocycles. The molecule has 1 aromatic carbocycles. The number of hydrogen-bond acceptors (Lipinski definition) is 4. The van der Waals surface area contributed by atoms with Crippen molar-refractivity contribution >= 4 is 11.9 Å². The fourth-order valence-electron chi connectivity index (χ4n) is 4.42. The Balaban J connectivity index is 1.41. The molecule has 1 saturated heterocycles. The van der Waals surface area contributed by atoms with Crippen LogP contribution in [-0.4, -0.2) is 79.1 Å². The predicted molar refractivity (Wildman–Crippen MR) is 125 cm³/mol. The maximum atomic E-state index is 12.6. The molecule has 7 nitrogen and oxygen atoms in total. The van der Waals surface area contributed by atoms with E-state index in [4.69, 9.17) is 0 Å². The van der Waals surface area contributed by atoms with Crippen molar-refractivity contribution in [3.63, 3.8) is 0 Å². The molecular formula is C24H39N5O2. The molecule has 1 aliphatic heterocycles. The molecule has 1 saturated carbocycles. The average molecular weight is 430 g/mol. The van der Waals surface area contributed by atoms with Crippen LogP contribution in [0, 0.1) is 5.92 Å². The lowest BCUT2D eigenvalue weighted by molar-refractivity contribution is -0.137. The Morgan fingerprint density at radius 3 is 2.45 bits per heavy atom. The van der Waals surface area contributed by atoms with E-state index in [0.29, 0.717) is 11.9 Å². The summed E-state index contributed by atoms with van der Waals surface area (Å²) in [4.78, 5) is 21.6. The molecular weight excluding hydrogens is 390 g/mol. The first-order chi connectivity index (χ1) is 15.0. The zero-order valence-electron chi connectivity index (χ0n) is 19.1. The lowest BCUT2D eigenvalue weighted by atomic mass is 9.96. The number of carbonyl (C=O) groups is 1. The number of hydrogen-bond donors (Lipinski definition) is 3. The van der Waals surface area contributed by atoms with Gasteiger partial charge in [-0.15, -0.1) is 0 Å². The van der Waals surface area contributed by atoms with E-state index < -0.39 is 5.60 Å². The van der Waals surface area contributed by atoms with E-state index in [2.05, 4.69) is 25.4 Å². The normalized spacial score (nSPS) is 20.5. The second-order valence-corrected chi connectivity index (χ2v) is 8.91. The minimum absolute atomic E-state index is 0.278. The summed E-state index contributed by atoms with van der Waals surface area (Å²) >= 11 is 0. The highest BCUT2D eigenvalue weighted by atomic mass is 16.3. The highest BCUT2D eigenvalue weighted by Gasteiger charge is 2.29. The van der Waals surface area contributed by atoms with Crippen LogP contribution < -0.4 is 10.6 Å². The van der Waals surface area contributed by atoms with Gasteiger partial charge in [-0.05, 0) is 32.3 Å². The van der Waals surface area contributed by atoms with Gasteiger partial charge in [-0.1, -0.05) is 43.2 Å². The van der Waals surface area contributed by atoms with E-state index >= 15 is 0 Å². The number of piperazine rings is 1. The van der Waals surface area contributed by atoms with E-state index in [9.17, 15) is 9.90 Å². The Morgan fingerprint density at radius 2 is 1.81 bits per heavy atom. The van der Waals surface area contributed by atoms with Crippen LogP contribution >= 0.6 is 0 Å². The maximum Gasteiger partial charge on any atom is 0.225 e. The summed E-state index contributed by atoms with van der Waals surface area (Å²) in [5.74, 6) is 1.37. The summed E-state index contributed by atoms with van der Waals surface area (Å²) in [5.41, 5.74) is -0.147. The third kappa shape index (κ3) is 6.94. The lowest BCUT2D eigenvalue weighted by Crippen LogP contribution is -2.52. The van der Waals surface area contributed by atoms with Crippen LogP contribution in [-0.2, 0) is 10.4 Å².